The number of sulfonamides is 1. The highest BCUT2D eigenvalue weighted by molar-refractivity contribution is 7.89. The summed E-state index contributed by atoms with van der Waals surface area (Å²) in [5, 5.41) is 34.1. The number of aliphatic carboxylic acids is 2. The summed E-state index contributed by atoms with van der Waals surface area (Å²) in [5.41, 5.74) is 1.94. The van der Waals surface area contributed by atoms with Crippen LogP contribution < -0.4 is 46.0 Å². The molecule has 0 radical (unpaired) electrons. The normalized spacial score (nSPS) is 14.7. The molecule has 94 heavy (non-hydrogen) atoms. The lowest BCUT2D eigenvalue weighted by Crippen LogP contribution is -2.52. The summed E-state index contributed by atoms with van der Waals surface area (Å²) in [6.45, 7) is 11.0. The number of carboxylic acids is 2. The molecule has 1 fully saturated rings. The highest BCUT2D eigenvalue weighted by atomic mass is 32.2. The molecule has 9 N–H and O–H groups in total. The van der Waals surface area contributed by atoms with Gasteiger partial charge in [-0.05, 0) is 106 Å². The van der Waals surface area contributed by atoms with Crippen LogP contribution in [0.4, 0.5) is 5.95 Å². The van der Waals surface area contributed by atoms with Crippen molar-refractivity contribution in [3.63, 3.8) is 0 Å². The molecule has 6 rings (SSSR count). The second-order valence-corrected chi connectivity index (χ2v) is 24.9. The van der Waals surface area contributed by atoms with Gasteiger partial charge in [-0.3, -0.25) is 43.4 Å². The summed E-state index contributed by atoms with van der Waals surface area (Å²) >= 11 is 0. The van der Waals surface area contributed by atoms with Gasteiger partial charge in [-0.15, -0.1) is 0 Å². The van der Waals surface area contributed by atoms with Gasteiger partial charge in [0.05, 0.1) is 66.0 Å². The second kappa shape index (κ2) is 39.3. The highest BCUT2D eigenvalue weighted by Gasteiger charge is 2.30. The minimum atomic E-state index is -4.46. The number of carboxylic acid groups (broad SMARTS) is 2. The van der Waals surface area contributed by atoms with Crippen LogP contribution in [0.2, 0.25) is 0 Å². The molecule has 5 aromatic rings. The standard InChI is InChI=1S/C63H92N13O16PS/c1-44-35-49(36-45(2)59(44)94(86,87)71-53(62(84)85)40-68-60(82)51-41-74(5)54-38-47(12-15-50(54)58(51)81)39-69-63-66-18-19-67-63)91-30-6-9-55(77)64-16-7-28-88-31-33-90-34-32-89-29-8-17-65-61(83)52(37-46-10-13-48(92-93)14-11-46)70-56(78)42-75-24-22-72(3)20-21-73(4)23-25-76(27-26-75)43-57(79)80/h10-15,18-19,35-36,38,41,52-53,71H,6-9,16-17,20-34,37,39-40,42-43,93H2,1-5H3,(H,64,77)(H,65,83)(H,68,82)(H,70,78)(H,79,80)(H,84,85)(H2,66,67,69)/t52-,53?/m1/s1. The zero-order valence-corrected chi connectivity index (χ0v) is 56.2. The monoisotopic (exact) mass is 1350 g/mol. The molecule has 29 nitrogen and oxygen atoms in total. The molecule has 2 aromatic heterocycles. The van der Waals surface area contributed by atoms with Crippen LogP contribution in [-0.2, 0) is 68.2 Å². The fourth-order valence-electron chi connectivity index (χ4n) is 10.2. The lowest BCUT2D eigenvalue weighted by molar-refractivity contribution is -0.139. The fourth-order valence-corrected chi connectivity index (χ4v) is 12.0. The van der Waals surface area contributed by atoms with Crippen LogP contribution in [0.1, 0.15) is 58.3 Å². The summed E-state index contributed by atoms with van der Waals surface area (Å²) in [6, 6.07) is 12.7. The lowest BCUT2D eigenvalue weighted by Gasteiger charge is -2.31. The average molecular weight is 1350 g/mol. The molecule has 3 aromatic carbocycles. The van der Waals surface area contributed by atoms with E-state index in [0.29, 0.717) is 134 Å². The number of pyridine rings is 1. The number of hydrogen-bond donors (Lipinski definition) is 9. The summed E-state index contributed by atoms with van der Waals surface area (Å²) in [6.07, 6.45) is 6.53. The zero-order valence-electron chi connectivity index (χ0n) is 54.2. The first-order valence-corrected chi connectivity index (χ1v) is 33.2. The van der Waals surface area contributed by atoms with Crippen molar-refractivity contribution in [2.24, 2.45) is 7.05 Å². The van der Waals surface area contributed by atoms with Gasteiger partial charge < -0.3 is 79.6 Å². The number of carbonyl (C=O) groups is 6. The molecular weight excluding hydrogens is 1260 g/mol. The molecule has 0 saturated carbocycles. The number of nitrogens with one attached hydrogen (secondary N) is 7. The van der Waals surface area contributed by atoms with E-state index in [1.807, 2.05) is 36.0 Å². The number of likely N-dealkylation sites (N-methyl/N-ethyl adjacent to an activating group) is 2. The molecule has 0 bridgehead atoms. The molecule has 0 spiro atoms. The largest absolute Gasteiger partial charge is 0.494 e. The maximum absolute atomic E-state index is 13.7. The van der Waals surface area contributed by atoms with Crippen molar-refractivity contribution in [2.75, 3.05) is 151 Å². The van der Waals surface area contributed by atoms with Crippen LogP contribution >= 0.6 is 9.47 Å². The summed E-state index contributed by atoms with van der Waals surface area (Å²) in [4.78, 5) is 106. The van der Waals surface area contributed by atoms with E-state index in [1.165, 1.54) is 32.2 Å². The Morgan fingerprint density at radius 3 is 1.89 bits per heavy atom. The van der Waals surface area contributed by atoms with E-state index < -0.39 is 51.9 Å². The van der Waals surface area contributed by atoms with Crippen LogP contribution in [0.25, 0.3) is 10.9 Å². The Labute approximate surface area is 550 Å². The van der Waals surface area contributed by atoms with Gasteiger partial charge in [0.25, 0.3) is 5.91 Å². The first-order valence-electron chi connectivity index (χ1n) is 31.3. The van der Waals surface area contributed by atoms with Gasteiger partial charge in [-0.2, -0.15) is 4.72 Å². The van der Waals surface area contributed by atoms with Crippen LogP contribution in [0, 0.1) is 13.8 Å². The number of aromatic nitrogens is 3. The van der Waals surface area contributed by atoms with E-state index in [1.54, 1.807) is 54.3 Å². The van der Waals surface area contributed by atoms with Crippen molar-refractivity contribution in [1.29, 1.82) is 0 Å². The predicted octanol–water partition coefficient (Wildman–Crippen LogP) is 1.34. The summed E-state index contributed by atoms with van der Waals surface area (Å²) in [5.74, 6) is -2.60. The molecule has 1 aliphatic rings. The number of nitrogens with zero attached hydrogens (tertiary/aromatic N) is 6. The first kappa shape index (κ1) is 75.4. The van der Waals surface area contributed by atoms with Gasteiger partial charge in [0.1, 0.15) is 29.1 Å². The molecule has 516 valence electrons. The summed E-state index contributed by atoms with van der Waals surface area (Å²) < 4.78 is 59.1. The van der Waals surface area contributed by atoms with E-state index >= 15 is 0 Å². The molecule has 0 aliphatic carbocycles. The second-order valence-electron chi connectivity index (χ2n) is 23.0. The maximum atomic E-state index is 13.7. The summed E-state index contributed by atoms with van der Waals surface area (Å²) in [7, 11) is 3.46. The molecule has 1 aliphatic heterocycles. The Bertz CT molecular complexity index is 3410. The van der Waals surface area contributed by atoms with Gasteiger partial charge in [0, 0.05) is 136 Å². The Kier molecular flexibility index (Phi) is 31.5. The van der Waals surface area contributed by atoms with Crippen molar-refractivity contribution >= 4 is 71.9 Å². The number of anilines is 1. The third-order valence-electron chi connectivity index (χ3n) is 15.4. The minimum absolute atomic E-state index is 0.0422. The molecule has 2 unspecified atom stereocenters. The van der Waals surface area contributed by atoms with Crippen LogP contribution in [-0.4, -0.2) is 246 Å². The van der Waals surface area contributed by atoms with Crippen LogP contribution in [0.3, 0.4) is 0 Å². The van der Waals surface area contributed by atoms with Crippen molar-refractivity contribution in [3.8, 4) is 11.5 Å². The molecule has 1 saturated heterocycles. The van der Waals surface area contributed by atoms with E-state index in [0.717, 1.165) is 30.8 Å². The number of imidazole rings is 1. The van der Waals surface area contributed by atoms with E-state index in [-0.39, 0.29) is 77.2 Å². The quantitative estimate of drug-likeness (QED) is 0.0199. The van der Waals surface area contributed by atoms with Gasteiger partial charge in [-0.1, -0.05) is 18.2 Å². The zero-order chi connectivity index (χ0) is 68.0. The van der Waals surface area contributed by atoms with Crippen LogP contribution in [0.5, 0.6) is 11.5 Å². The van der Waals surface area contributed by atoms with Gasteiger partial charge in [0.15, 0.2) is 5.95 Å². The molecular formula is C63H92N13O16PS. The Morgan fingerprint density at radius 2 is 1.29 bits per heavy atom. The number of hydrogen-bond acceptors (Lipinski definition) is 20. The highest BCUT2D eigenvalue weighted by Crippen LogP contribution is 2.27. The third kappa shape index (κ3) is 25.9. The number of benzene rings is 3. The van der Waals surface area contributed by atoms with Gasteiger partial charge in [-0.25, -0.2) is 13.4 Å². The number of ether oxygens (including phenoxy) is 4. The fraction of sp³-hybridized carbons (Fsp3) is 0.524. The molecule has 3 atom stereocenters. The average Bonchev–Trinajstić information content (AvgIpc) is 0.840. The SMILES string of the molecule is Cc1cc(OCCCC(=O)NCCCOCCOCCOCCCNC(=O)[C@@H](Cc2ccc(OP)cc2)NC(=O)CN2CCN(C)CCN(C)CCN(CC(=O)O)CC2)cc(C)c1S(=O)(=O)NC(CNC(=O)c1cn(C)c2cc(CNc3ncc[nH]3)ccc2c1=O)C(=O)O. The first-order chi connectivity index (χ1) is 45.1. The lowest BCUT2D eigenvalue weighted by atomic mass is 10.0. The van der Waals surface area contributed by atoms with E-state index in [9.17, 15) is 52.2 Å². The Hall–Kier alpha value is -7.64. The van der Waals surface area contributed by atoms with Crippen molar-refractivity contribution in [1.82, 2.24) is 60.1 Å². The number of aryl methyl sites for hydroxylation is 3. The van der Waals surface area contributed by atoms with Crippen molar-refractivity contribution < 1.29 is 70.9 Å². The predicted molar refractivity (Wildman–Crippen MR) is 355 cm³/mol. The van der Waals surface area contributed by atoms with E-state index in [2.05, 4.69) is 60.5 Å². The maximum Gasteiger partial charge on any atom is 0.323 e. The number of carbonyl (C=O) groups excluding carboxylic acids is 4. The van der Waals surface area contributed by atoms with Gasteiger partial charge in [0.2, 0.25) is 33.2 Å². The number of amides is 4. The topological polar surface area (TPSA) is 359 Å². The number of fused-ring (bicyclic) bond motifs is 1. The number of H-pyrrole nitrogens is 1. The minimum Gasteiger partial charge on any atom is -0.494 e. The van der Waals surface area contributed by atoms with Crippen LogP contribution in [0.15, 0.2) is 82.9 Å². The van der Waals surface area contributed by atoms with Gasteiger partial charge >= 0.3 is 11.9 Å². The molecule has 31 heteroatoms. The Balaban J connectivity index is 0.808. The molecule has 4 amide bonds. The third-order valence-corrected chi connectivity index (χ3v) is 17.5. The van der Waals surface area contributed by atoms with Crippen molar-refractivity contribution in [3.05, 3.63) is 111 Å². The van der Waals surface area contributed by atoms with Crippen molar-refractivity contribution in [2.45, 2.75) is 69.5 Å². The Morgan fingerprint density at radius 1 is 0.691 bits per heavy atom. The van der Waals surface area contributed by atoms with E-state index in [4.69, 9.17) is 23.5 Å². The number of rotatable bonds is 38. The smallest absolute Gasteiger partial charge is 0.323 e. The number of aromatic amines is 1. The molecule has 3 heterocycles.